The molecule has 27 heavy (non-hydrogen) atoms. The molecular formula is C19H21FN4O2S. The number of benzene rings is 1. The van der Waals surface area contributed by atoms with Crippen LogP contribution in [0.4, 0.5) is 9.18 Å². The predicted molar refractivity (Wildman–Crippen MR) is 99.8 cm³/mol. The molecule has 142 valence electrons. The van der Waals surface area contributed by atoms with E-state index in [4.69, 9.17) is 0 Å². The number of nitrogens with zero attached hydrogens (tertiary/aromatic N) is 2. The van der Waals surface area contributed by atoms with E-state index in [0.717, 1.165) is 23.5 Å². The van der Waals surface area contributed by atoms with Crippen LogP contribution in [-0.4, -0.2) is 34.9 Å². The van der Waals surface area contributed by atoms with Crippen molar-refractivity contribution in [1.82, 2.24) is 20.5 Å². The number of halogens is 1. The summed E-state index contributed by atoms with van der Waals surface area (Å²) in [5.74, 6) is -0.633. The number of hydrogen-bond acceptors (Lipinski definition) is 4. The highest BCUT2D eigenvalue weighted by Gasteiger charge is 2.34. The molecule has 1 saturated heterocycles. The molecular weight excluding hydrogens is 367 g/mol. The molecule has 1 atom stereocenters. The number of aryl methyl sites for hydroxylation is 2. The van der Waals surface area contributed by atoms with Crippen LogP contribution < -0.4 is 10.6 Å². The standard InChI is InChI=1S/C19H21FN4O2S/c20-13-7-5-12(6-8-13)17-18(25)21-9-10-24(17)19(26)22-11-16-23-14-3-1-2-4-15(14)27-16/h5-8,17H,1-4,9-11H2,(H,21,25)(H,22,26)/t17-/m1/s1. The van der Waals surface area contributed by atoms with E-state index in [0.29, 0.717) is 25.2 Å². The first kappa shape index (κ1) is 17.9. The van der Waals surface area contributed by atoms with Gasteiger partial charge in [-0.1, -0.05) is 12.1 Å². The number of fused-ring (bicyclic) bond motifs is 1. The maximum Gasteiger partial charge on any atom is 0.318 e. The summed E-state index contributed by atoms with van der Waals surface area (Å²) in [5, 5.41) is 6.56. The average molecular weight is 388 g/mol. The summed E-state index contributed by atoms with van der Waals surface area (Å²) in [7, 11) is 0. The van der Waals surface area contributed by atoms with Crippen molar-refractivity contribution in [3.63, 3.8) is 0 Å². The molecule has 0 spiro atoms. The Kier molecular flexibility index (Phi) is 5.07. The Balaban J connectivity index is 1.46. The van der Waals surface area contributed by atoms with Crippen LogP contribution in [0.25, 0.3) is 0 Å². The van der Waals surface area contributed by atoms with Gasteiger partial charge in [0.2, 0.25) is 5.91 Å². The molecule has 1 aromatic carbocycles. The number of hydrogen-bond donors (Lipinski definition) is 2. The number of carbonyl (C=O) groups is 2. The summed E-state index contributed by atoms with van der Waals surface area (Å²) in [6.45, 7) is 1.15. The summed E-state index contributed by atoms with van der Waals surface area (Å²) in [4.78, 5) is 32.6. The summed E-state index contributed by atoms with van der Waals surface area (Å²) < 4.78 is 13.2. The van der Waals surface area contributed by atoms with Gasteiger partial charge in [0.1, 0.15) is 16.9 Å². The lowest BCUT2D eigenvalue weighted by Gasteiger charge is -2.35. The summed E-state index contributed by atoms with van der Waals surface area (Å²) in [6.07, 6.45) is 4.45. The second-order valence-electron chi connectivity index (χ2n) is 6.78. The Morgan fingerprint density at radius 3 is 2.85 bits per heavy atom. The minimum Gasteiger partial charge on any atom is -0.352 e. The van der Waals surface area contributed by atoms with E-state index in [1.54, 1.807) is 23.5 Å². The second kappa shape index (κ2) is 7.64. The molecule has 0 saturated carbocycles. The van der Waals surface area contributed by atoms with Gasteiger partial charge in [0, 0.05) is 18.0 Å². The fraction of sp³-hybridized carbons (Fsp3) is 0.421. The number of piperazine rings is 1. The number of nitrogens with one attached hydrogen (secondary N) is 2. The van der Waals surface area contributed by atoms with E-state index < -0.39 is 6.04 Å². The van der Waals surface area contributed by atoms with Gasteiger partial charge < -0.3 is 15.5 Å². The van der Waals surface area contributed by atoms with Crippen LogP contribution in [-0.2, 0) is 24.2 Å². The van der Waals surface area contributed by atoms with Crippen LogP contribution in [0.1, 0.15) is 40.0 Å². The highest BCUT2D eigenvalue weighted by atomic mass is 32.1. The lowest BCUT2D eigenvalue weighted by Crippen LogP contribution is -2.54. The van der Waals surface area contributed by atoms with E-state index in [2.05, 4.69) is 15.6 Å². The zero-order valence-corrected chi connectivity index (χ0v) is 15.7. The van der Waals surface area contributed by atoms with Gasteiger partial charge in [-0.25, -0.2) is 14.2 Å². The van der Waals surface area contributed by atoms with Gasteiger partial charge >= 0.3 is 6.03 Å². The fourth-order valence-corrected chi connectivity index (χ4v) is 4.69. The van der Waals surface area contributed by atoms with Gasteiger partial charge in [0.05, 0.1) is 12.2 Å². The van der Waals surface area contributed by atoms with Gasteiger partial charge in [-0.3, -0.25) is 4.79 Å². The maximum atomic E-state index is 13.2. The first-order chi connectivity index (χ1) is 13.1. The molecule has 2 aliphatic rings. The summed E-state index contributed by atoms with van der Waals surface area (Å²) >= 11 is 1.66. The Bertz CT molecular complexity index is 828. The van der Waals surface area contributed by atoms with Crippen LogP contribution in [0.2, 0.25) is 0 Å². The van der Waals surface area contributed by atoms with Crippen LogP contribution in [0.15, 0.2) is 24.3 Å². The molecule has 1 fully saturated rings. The molecule has 2 heterocycles. The lowest BCUT2D eigenvalue weighted by molar-refractivity contribution is -0.127. The molecule has 1 aliphatic heterocycles. The van der Waals surface area contributed by atoms with Crippen molar-refractivity contribution in [2.45, 2.75) is 38.3 Å². The molecule has 0 unspecified atom stereocenters. The number of aromatic nitrogens is 1. The Hall–Kier alpha value is -2.48. The molecule has 8 heteroatoms. The van der Waals surface area contributed by atoms with Crippen molar-refractivity contribution < 1.29 is 14.0 Å². The Morgan fingerprint density at radius 1 is 1.30 bits per heavy atom. The number of amides is 3. The largest absolute Gasteiger partial charge is 0.352 e. The Labute approximate surface area is 160 Å². The molecule has 4 rings (SSSR count). The molecule has 6 nitrogen and oxygen atoms in total. The minimum atomic E-state index is -0.760. The molecule has 1 aliphatic carbocycles. The highest BCUT2D eigenvalue weighted by molar-refractivity contribution is 7.11. The maximum absolute atomic E-state index is 13.2. The molecule has 0 bridgehead atoms. The van der Waals surface area contributed by atoms with Crippen molar-refractivity contribution in [1.29, 1.82) is 0 Å². The van der Waals surface area contributed by atoms with E-state index in [-0.39, 0.29) is 17.8 Å². The van der Waals surface area contributed by atoms with Crippen molar-refractivity contribution in [2.75, 3.05) is 13.1 Å². The fourth-order valence-electron chi connectivity index (χ4n) is 3.60. The third-order valence-corrected chi connectivity index (χ3v) is 6.10. The van der Waals surface area contributed by atoms with Crippen LogP contribution in [0.3, 0.4) is 0 Å². The van der Waals surface area contributed by atoms with E-state index >= 15 is 0 Å². The SMILES string of the molecule is O=C1NCCN(C(=O)NCc2nc3c(s2)CCCC3)[C@@H]1c1ccc(F)cc1. The van der Waals surface area contributed by atoms with Crippen LogP contribution in [0, 0.1) is 5.82 Å². The third-order valence-electron chi connectivity index (χ3n) is 4.94. The minimum absolute atomic E-state index is 0.257. The number of thiazole rings is 1. The van der Waals surface area contributed by atoms with Gasteiger partial charge in [-0.2, -0.15) is 0 Å². The molecule has 3 amide bonds. The molecule has 2 N–H and O–H groups in total. The summed E-state index contributed by atoms with van der Waals surface area (Å²) in [6, 6.07) is 4.61. The van der Waals surface area contributed by atoms with Crippen LogP contribution in [0.5, 0.6) is 0 Å². The Morgan fingerprint density at radius 2 is 2.07 bits per heavy atom. The quantitative estimate of drug-likeness (QED) is 0.849. The summed E-state index contributed by atoms with van der Waals surface area (Å²) in [5.41, 5.74) is 1.76. The number of urea groups is 1. The van der Waals surface area contributed by atoms with Crippen molar-refractivity contribution >= 4 is 23.3 Å². The molecule has 0 radical (unpaired) electrons. The van der Waals surface area contributed by atoms with Crippen molar-refractivity contribution in [2.24, 2.45) is 0 Å². The first-order valence-electron chi connectivity index (χ1n) is 9.17. The number of rotatable bonds is 3. The predicted octanol–water partition coefficient (Wildman–Crippen LogP) is 2.54. The van der Waals surface area contributed by atoms with Gasteiger partial charge in [0.15, 0.2) is 0 Å². The molecule has 2 aromatic rings. The van der Waals surface area contributed by atoms with Gasteiger partial charge in [-0.15, -0.1) is 11.3 Å². The van der Waals surface area contributed by atoms with Crippen molar-refractivity contribution in [3.8, 4) is 0 Å². The topological polar surface area (TPSA) is 74.3 Å². The highest BCUT2D eigenvalue weighted by Crippen LogP contribution is 2.27. The zero-order valence-electron chi connectivity index (χ0n) is 14.8. The zero-order chi connectivity index (χ0) is 18.8. The lowest BCUT2D eigenvalue weighted by atomic mass is 10.0. The third kappa shape index (κ3) is 3.80. The normalized spacial score (nSPS) is 19.4. The molecule has 1 aromatic heterocycles. The second-order valence-corrected chi connectivity index (χ2v) is 7.95. The average Bonchev–Trinajstić information content (AvgIpc) is 3.10. The first-order valence-corrected chi connectivity index (χ1v) is 9.98. The van der Waals surface area contributed by atoms with Crippen molar-refractivity contribution in [3.05, 3.63) is 51.2 Å². The smallest absolute Gasteiger partial charge is 0.318 e. The monoisotopic (exact) mass is 388 g/mol. The van der Waals surface area contributed by atoms with E-state index in [1.807, 2.05) is 0 Å². The van der Waals surface area contributed by atoms with Gasteiger partial charge in [-0.05, 0) is 43.4 Å². The van der Waals surface area contributed by atoms with Crippen LogP contribution >= 0.6 is 11.3 Å². The van der Waals surface area contributed by atoms with E-state index in [1.165, 1.54) is 34.8 Å². The van der Waals surface area contributed by atoms with E-state index in [9.17, 15) is 14.0 Å². The van der Waals surface area contributed by atoms with Gasteiger partial charge in [0.25, 0.3) is 0 Å². The number of carbonyl (C=O) groups excluding carboxylic acids is 2.